The standard InChI is InChI=1S/C21H26N2O2/c1-22-14-15-23(16-19(22)17-8-4-3-5-9-17)21(24)13-12-18-10-6-7-11-20(18)25-2/h3-11,19H,12-16H2,1-2H3. The minimum absolute atomic E-state index is 0.222. The second-order valence-electron chi connectivity index (χ2n) is 6.56. The van der Waals surface area contributed by atoms with Crippen LogP contribution in [-0.2, 0) is 11.2 Å². The molecule has 0 aliphatic carbocycles. The normalized spacial score (nSPS) is 18.2. The van der Waals surface area contributed by atoms with Gasteiger partial charge in [-0.2, -0.15) is 0 Å². The molecule has 0 bridgehead atoms. The molecular weight excluding hydrogens is 312 g/mol. The monoisotopic (exact) mass is 338 g/mol. The SMILES string of the molecule is COc1ccccc1CCC(=O)N1CCN(C)C(c2ccccc2)C1. The number of carbonyl (C=O) groups is 1. The van der Waals surface area contributed by atoms with Crippen LogP contribution in [0.5, 0.6) is 5.75 Å². The van der Waals surface area contributed by atoms with Crippen LogP contribution in [0.1, 0.15) is 23.6 Å². The predicted octanol–water partition coefficient (Wildman–Crippen LogP) is 3.14. The number of aryl methyl sites for hydroxylation is 1. The van der Waals surface area contributed by atoms with E-state index in [0.29, 0.717) is 12.8 Å². The molecule has 0 saturated carbocycles. The van der Waals surface area contributed by atoms with Crippen LogP contribution < -0.4 is 4.74 Å². The third-order valence-electron chi connectivity index (χ3n) is 4.99. The van der Waals surface area contributed by atoms with Gasteiger partial charge in [0.25, 0.3) is 0 Å². The number of benzene rings is 2. The van der Waals surface area contributed by atoms with Gasteiger partial charge in [-0.15, -0.1) is 0 Å². The first-order valence-electron chi connectivity index (χ1n) is 8.84. The first-order valence-corrected chi connectivity index (χ1v) is 8.84. The molecule has 1 saturated heterocycles. The topological polar surface area (TPSA) is 32.8 Å². The zero-order valence-corrected chi connectivity index (χ0v) is 15.0. The first kappa shape index (κ1) is 17.5. The average molecular weight is 338 g/mol. The maximum atomic E-state index is 12.7. The minimum Gasteiger partial charge on any atom is -0.496 e. The Morgan fingerprint density at radius 2 is 1.80 bits per heavy atom. The number of methoxy groups -OCH3 is 1. The van der Waals surface area contributed by atoms with E-state index in [2.05, 4.69) is 36.2 Å². The maximum Gasteiger partial charge on any atom is 0.223 e. The number of hydrogen-bond acceptors (Lipinski definition) is 3. The Labute approximate surface area is 150 Å². The molecule has 1 fully saturated rings. The minimum atomic E-state index is 0.222. The molecule has 0 spiro atoms. The number of para-hydroxylation sites is 1. The van der Waals surface area contributed by atoms with Gasteiger partial charge >= 0.3 is 0 Å². The Morgan fingerprint density at radius 1 is 1.08 bits per heavy atom. The van der Waals surface area contributed by atoms with E-state index in [0.717, 1.165) is 30.9 Å². The van der Waals surface area contributed by atoms with Gasteiger partial charge in [-0.3, -0.25) is 9.69 Å². The van der Waals surface area contributed by atoms with Crippen LogP contribution in [0.15, 0.2) is 54.6 Å². The molecule has 2 aromatic carbocycles. The highest BCUT2D eigenvalue weighted by atomic mass is 16.5. The molecule has 1 aliphatic rings. The number of carbonyl (C=O) groups excluding carboxylic acids is 1. The summed E-state index contributed by atoms with van der Waals surface area (Å²) in [4.78, 5) is 17.1. The van der Waals surface area contributed by atoms with Gasteiger partial charge in [-0.25, -0.2) is 0 Å². The Balaban J connectivity index is 1.62. The van der Waals surface area contributed by atoms with Crippen molar-refractivity contribution in [2.24, 2.45) is 0 Å². The van der Waals surface area contributed by atoms with Crippen molar-refractivity contribution in [1.29, 1.82) is 0 Å². The Hall–Kier alpha value is -2.33. The molecule has 1 atom stereocenters. The molecular formula is C21H26N2O2. The van der Waals surface area contributed by atoms with Crippen LogP contribution in [-0.4, -0.2) is 49.5 Å². The summed E-state index contributed by atoms with van der Waals surface area (Å²) >= 11 is 0. The summed E-state index contributed by atoms with van der Waals surface area (Å²) < 4.78 is 5.38. The number of likely N-dealkylation sites (N-methyl/N-ethyl adjacent to an activating group) is 1. The van der Waals surface area contributed by atoms with Crippen LogP contribution in [0.25, 0.3) is 0 Å². The molecule has 1 aliphatic heterocycles. The van der Waals surface area contributed by atoms with Gasteiger partial charge in [0.1, 0.15) is 5.75 Å². The smallest absolute Gasteiger partial charge is 0.223 e. The van der Waals surface area contributed by atoms with Crippen molar-refractivity contribution in [3.05, 3.63) is 65.7 Å². The molecule has 4 heteroatoms. The fourth-order valence-corrected chi connectivity index (χ4v) is 3.44. The summed E-state index contributed by atoms with van der Waals surface area (Å²) in [5.41, 5.74) is 2.36. The highest BCUT2D eigenvalue weighted by Gasteiger charge is 2.28. The van der Waals surface area contributed by atoms with Crippen LogP contribution in [0.3, 0.4) is 0 Å². The molecule has 0 aromatic heterocycles. The lowest BCUT2D eigenvalue weighted by Crippen LogP contribution is -2.49. The first-order chi connectivity index (χ1) is 12.2. The van der Waals surface area contributed by atoms with Crippen LogP contribution >= 0.6 is 0 Å². The van der Waals surface area contributed by atoms with E-state index in [1.54, 1.807) is 7.11 Å². The van der Waals surface area contributed by atoms with E-state index in [4.69, 9.17) is 4.74 Å². The van der Waals surface area contributed by atoms with E-state index in [1.165, 1.54) is 5.56 Å². The Kier molecular flexibility index (Phi) is 5.71. The lowest BCUT2D eigenvalue weighted by Gasteiger charge is -2.39. The highest BCUT2D eigenvalue weighted by Crippen LogP contribution is 2.25. The maximum absolute atomic E-state index is 12.7. The van der Waals surface area contributed by atoms with Crippen molar-refractivity contribution >= 4 is 5.91 Å². The average Bonchev–Trinajstić information content (AvgIpc) is 2.67. The molecule has 0 N–H and O–H groups in total. The van der Waals surface area contributed by atoms with Crippen molar-refractivity contribution in [2.45, 2.75) is 18.9 Å². The Morgan fingerprint density at radius 3 is 2.56 bits per heavy atom. The third kappa shape index (κ3) is 4.20. The third-order valence-corrected chi connectivity index (χ3v) is 4.99. The summed E-state index contributed by atoms with van der Waals surface area (Å²) in [6.07, 6.45) is 1.23. The Bertz CT molecular complexity index is 702. The number of amides is 1. The number of nitrogens with zero attached hydrogens (tertiary/aromatic N) is 2. The molecule has 132 valence electrons. The predicted molar refractivity (Wildman–Crippen MR) is 99.7 cm³/mol. The largest absolute Gasteiger partial charge is 0.496 e. The van der Waals surface area contributed by atoms with Gasteiger partial charge in [0.15, 0.2) is 0 Å². The number of ether oxygens (including phenoxy) is 1. The van der Waals surface area contributed by atoms with E-state index in [9.17, 15) is 4.79 Å². The summed E-state index contributed by atoms with van der Waals surface area (Å²) in [5.74, 6) is 1.08. The molecule has 3 rings (SSSR count). The molecule has 1 heterocycles. The molecule has 1 unspecified atom stereocenters. The summed E-state index contributed by atoms with van der Waals surface area (Å²) in [6.45, 7) is 2.45. The van der Waals surface area contributed by atoms with Crippen molar-refractivity contribution in [3.63, 3.8) is 0 Å². The fraction of sp³-hybridized carbons (Fsp3) is 0.381. The van der Waals surface area contributed by atoms with Crippen molar-refractivity contribution in [2.75, 3.05) is 33.8 Å². The quantitative estimate of drug-likeness (QED) is 0.840. The second kappa shape index (κ2) is 8.17. The zero-order chi connectivity index (χ0) is 17.6. The van der Waals surface area contributed by atoms with Gasteiger partial charge in [-0.1, -0.05) is 48.5 Å². The molecule has 0 radical (unpaired) electrons. The molecule has 1 amide bonds. The molecule has 4 nitrogen and oxygen atoms in total. The lowest BCUT2D eigenvalue weighted by molar-refractivity contribution is -0.134. The van der Waals surface area contributed by atoms with Crippen molar-refractivity contribution in [3.8, 4) is 5.75 Å². The number of piperazine rings is 1. The van der Waals surface area contributed by atoms with Gasteiger partial charge in [0.2, 0.25) is 5.91 Å². The highest BCUT2D eigenvalue weighted by molar-refractivity contribution is 5.76. The van der Waals surface area contributed by atoms with Crippen LogP contribution in [0, 0.1) is 0 Å². The van der Waals surface area contributed by atoms with E-state index in [1.807, 2.05) is 35.2 Å². The van der Waals surface area contributed by atoms with Crippen LogP contribution in [0.2, 0.25) is 0 Å². The summed E-state index contributed by atoms with van der Waals surface area (Å²) in [6, 6.07) is 18.6. The number of hydrogen-bond donors (Lipinski definition) is 0. The van der Waals surface area contributed by atoms with Gasteiger partial charge in [-0.05, 0) is 30.7 Å². The summed E-state index contributed by atoms with van der Waals surface area (Å²) in [5, 5.41) is 0. The van der Waals surface area contributed by atoms with Gasteiger partial charge < -0.3 is 9.64 Å². The van der Waals surface area contributed by atoms with E-state index < -0.39 is 0 Å². The van der Waals surface area contributed by atoms with Crippen LogP contribution in [0.4, 0.5) is 0 Å². The van der Waals surface area contributed by atoms with Crippen molar-refractivity contribution < 1.29 is 9.53 Å². The lowest BCUT2D eigenvalue weighted by atomic mass is 10.0. The molecule has 25 heavy (non-hydrogen) atoms. The fourth-order valence-electron chi connectivity index (χ4n) is 3.44. The van der Waals surface area contributed by atoms with Gasteiger partial charge in [0, 0.05) is 26.1 Å². The zero-order valence-electron chi connectivity index (χ0n) is 15.0. The second-order valence-corrected chi connectivity index (χ2v) is 6.56. The van der Waals surface area contributed by atoms with Crippen molar-refractivity contribution in [1.82, 2.24) is 9.80 Å². The summed E-state index contributed by atoms with van der Waals surface area (Å²) in [7, 11) is 3.81. The van der Waals surface area contributed by atoms with E-state index in [-0.39, 0.29) is 11.9 Å². The molecule has 2 aromatic rings. The van der Waals surface area contributed by atoms with Gasteiger partial charge in [0.05, 0.1) is 13.2 Å². The number of rotatable bonds is 5. The van der Waals surface area contributed by atoms with E-state index >= 15 is 0 Å².